The van der Waals surface area contributed by atoms with Crippen molar-refractivity contribution in [1.82, 2.24) is 0 Å². The van der Waals surface area contributed by atoms with Crippen LogP contribution in [0.5, 0.6) is 0 Å². The minimum Gasteiger partial charge on any atom is -0.103 e. The molecule has 0 heterocycles. The molecule has 0 aromatic heterocycles. The quantitative estimate of drug-likeness (QED) is 0.577. The molecule has 1 heteroatoms. The van der Waals surface area contributed by atoms with E-state index in [2.05, 4.69) is 28.6 Å². The molecule has 0 saturated heterocycles. The van der Waals surface area contributed by atoms with Crippen LogP contribution in [0.3, 0.4) is 0 Å². The van der Waals surface area contributed by atoms with E-state index in [1.807, 2.05) is 13.0 Å². The van der Waals surface area contributed by atoms with Crippen molar-refractivity contribution in [3.8, 4) is 0 Å². The number of hydrogen-bond donors (Lipinski definition) is 0. The van der Waals surface area contributed by atoms with Gasteiger partial charge in [-0.25, -0.2) is 0 Å². The second-order valence-electron chi connectivity index (χ2n) is 1.56. The first-order valence-corrected chi connectivity index (χ1v) is 3.52. The largest absolute Gasteiger partial charge is 0.103 e. The van der Waals surface area contributed by atoms with Crippen LogP contribution in [-0.2, 0) is 0 Å². The molecule has 0 unspecified atom stereocenters. The van der Waals surface area contributed by atoms with Crippen LogP contribution in [0.2, 0.25) is 0 Å². The van der Waals surface area contributed by atoms with Gasteiger partial charge in [-0.15, -0.1) is 6.58 Å². The molecule has 0 bridgehead atoms. The van der Waals surface area contributed by atoms with Crippen LogP contribution in [0.25, 0.3) is 0 Å². The summed E-state index contributed by atoms with van der Waals surface area (Å²) in [4.78, 5) is 0. The molecule has 46 valence electrons. The average molecular weight is 175 g/mol. The van der Waals surface area contributed by atoms with E-state index in [-0.39, 0.29) is 0 Å². The van der Waals surface area contributed by atoms with Crippen molar-refractivity contribution in [1.29, 1.82) is 0 Å². The first-order chi connectivity index (χ1) is 3.81. The van der Waals surface area contributed by atoms with Crippen LogP contribution in [0, 0.1) is 0 Å². The Hall–Kier alpha value is -0.0400. The van der Waals surface area contributed by atoms with Gasteiger partial charge in [0.15, 0.2) is 0 Å². The topological polar surface area (TPSA) is 0 Å². The summed E-state index contributed by atoms with van der Waals surface area (Å²) < 4.78 is 1.26. The lowest BCUT2D eigenvalue weighted by atomic mass is 10.3. The molecular weight excluding hydrogens is 164 g/mol. The molecule has 0 aromatic carbocycles. The lowest BCUT2D eigenvalue weighted by Gasteiger charge is -1.89. The summed E-state index contributed by atoms with van der Waals surface area (Å²) in [7, 11) is 0. The van der Waals surface area contributed by atoms with E-state index in [1.165, 1.54) is 4.48 Å². The molecule has 0 spiro atoms. The molecule has 0 radical (unpaired) electrons. The van der Waals surface area contributed by atoms with Crippen molar-refractivity contribution in [3.05, 3.63) is 23.2 Å². The molecule has 0 saturated carbocycles. The Morgan fingerprint density at radius 3 is 2.75 bits per heavy atom. The van der Waals surface area contributed by atoms with E-state index in [0.29, 0.717) is 0 Å². The molecule has 0 rings (SSSR count). The highest BCUT2D eigenvalue weighted by Crippen LogP contribution is 2.11. The first kappa shape index (κ1) is 7.96. The van der Waals surface area contributed by atoms with E-state index in [1.54, 1.807) is 0 Å². The second-order valence-corrected chi connectivity index (χ2v) is 2.58. The van der Waals surface area contributed by atoms with Crippen LogP contribution in [-0.4, -0.2) is 0 Å². The van der Waals surface area contributed by atoms with Crippen LogP contribution < -0.4 is 0 Å². The van der Waals surface area contributed by atoms with E-state index in [4.69, 9.17) is 0 Å². The average Bonchev–Trinajstić information content (AvgIpc) is 1.83. The summed E-state index contributed by atoms with van der Waals surface area (Å²) in [6.07, 6.45) is 6.12. The Balaban J connectivity index is 3.24. The SMILES string of the molecule is C=CCC/C(Br)=C\C. The Bertz CT molecular complexity index is 92.6. The summed E-state index contributed by atoms with van der Waals surface area (Å²) in [6, 6.07) is 0. The van der Waals surface area contributed by atoms with Crippen molar-refractivity contribution in [3.63, 3.8) is 0 Å². The summed E-state index contributed by atoms with van der Waals surface area (Å²) >= 11 is 3.39. The maximum atomic E-state index is 3.62. The van der Waals surface area contributed by atoms with Gasteiger partial charge < -0.3 is 0 Å². The third-order valence-electron chi connectivity index (χ3n) is 0.901. The third-order valence-corrected chi connectivity index (χ3v) is 1.75. The molecule has 0 N–H and O–H groups in total. The predicted molar refractivity (Wildman–Crippen MR) is 42.1 cm³/mol. The molecular formula is C7H11Br. The third kappa shape index (κ3) is 4.13. The number of halogens is 1. The van der Waals surface area contributed by atoms with Crippen molar-refractivity contribution in [2.24, 2.45) is 0 Å². The zero-order chi connectivity index (χ0) is 6.41. The van der Waals surface area contributed by atoms with Gasteiger partial charge in [-0.05, 0) is 24.2 Å². The van der Waals surface area contributed by atoms with Crippen LogP contribution in [0.1, 0.15) is 19.8 Å². The first-order valence-electron chi connectivity index (χ1n) is 2.73. The zero-order valence-corrected chi connectivity index (χ0v) is 6.74. The van der Waals surface area contributed by atoms with E-state index in [9.17, 15) is 0 Å². The summed E-state index contributed by atoms with van der Waals surface area (Å²) in [5, 5.41) is 0. The highest BCUT2D eigenvalue weighted by molar-refractivity contribution is 9.11. The van der Waals surface area contributed by atoms with Gasteiger partial charge in [0.25, 0.3) is 0 Å². The van der Waals surface area contributed by atoms with Crippen LogP contribution >= 0.6 is 15.9 Å². The van der Waals surface area contributed by atoms with Gasteiger partial charge in [0.05, 0.1) is 0 Å². The lowest BCUT2D eigenvalue weighted by Crippen LogP contribution is -1.67. The minimum atomic E-state index is 1.06. The Morgan fingerprint density at radius 1 is 1.75 bits per heavy atom. The normalized spacial score (nSPS) is 11.5. The Labute approximate surface area is 59.4 Å². The molecule has 0 atom stereocenters. The molecule has 0 aliphatic carbocycles. The second kappa shape index (κ2) is 5.10. The molecule has 0 aliphatic rings. The Kier molecular flexibility index (Phi) is 5.08. The van der Waals surface area contributed by atoms with Crippen molar-refractivity contribution < 1.29 is 0 Å². The smallest absolute Gasteiger partial charge is 0.00889 e. The Morgan fingerprint density at radius 2 is 2.38 bits per heavy atom. The predicted octanol–water partition coefficient (Wildman–Crippen LogP) is 3.25. The van der Waals surface area contributed by atoms with Crippen LogP contribution in [0.4, 0.5) is 0 Å². The number of rotatable bonds is 3. The van der Waals surface area contributed by atoms with Gasteiger partial charge in [-0.3, -0.25) is 0 Å². The number of allylic oxidation sites excluding steroid dienone is 3. The minimum absolute atomic E-state index is 1.06. The van der Waals surface area contributed by atoms with E-state index >= 15 is 0 Å². The van der Waals surface area contributed by atoms with Gasteiger partial charge >= 0.3 is 0 Å². The fourth-order valence-electron chi connectivity index (χ4n) is 0.384. The highest BCUT2D eigenvalue weighted by Gasteiger charge is 1.83. The van der Waals surface area contributed by atoms with Crippen LogP contribution in [0.15, 0.2) is 23.2 Å². The molecule has 0 fully saturated rings. The van der Waals surface area contributed by atoms with Crippen molar-refractivity contribution in [2.45, 2.75) is 19.8 Å². The molecule has 0 nitrogen and oxygen atoms in total. The van der Waals surface area contributed by atoms with Gasteiger partial charge in [0, 0.05) is 0 Å². The van der Waals surface area contributed by atoms with Gasteiger partial charge in [0.2, 0.25) is 0 Å². The summed E-state index contributed by atoms with van der Waals surface area (Å²) in [6.45, 7) is 5.64. The molecule has 0 aliphatic heterocycles. The van der Waals surface area contributed by atoms with E-state index < -0.39 is 0 Å². The van der Waals surface area contributed by atoms with Gasteiger partial charge in [-0.1, -0.05) is 28.1 Å². The summed E-state index contributed by atoms with van der Waals surface area (Å²) in [5.41, 5.74) is 0. The monoisotopic (exact) mass is 174 g/mol. The molecule has 0 aromatic rings. The fraction of sp³-hybridized carbons (Fsp3) is 0.429. The van der Waals surface area contributed by atoms with Gasteiger partial charge in [0.1, 0.15) is 0 Å². The molecule has 8 heavy (non-hydrogen) atoms. The standard InChI is InChI=1S/C7H11Br/c1-3-5-6-7(8)4-2/h3-4H,1,5-6H2,2H3/b7-4+. The lowest BCUT2D eigenvalue weighted by molar-refractivity contribution is 1.04. The maximum absolute atomic E-state index is 3.62. The van der Waals surface area contributed by atoms with Crippen molar-refractivity contribution in [2.75, 3.05) is 0 Å². The fourth-order valence-corrected chi connectivity index (χ4v) is 0.613. The summed E-state index contributed by atoms with van der Waals surface area (Å²) in [5.74, 6) is 0. The van der Waals surface area contributed by atoms with Gasteiger partial charge in [-0.2, -0.15) is 0 Å². The van der Waals surface area contributed by atoms with E-state index in [0.717, 1.165) is 12.8 Å². The zero-order valence-electron chi connectivity index (χ0n) is 5.15. The maximum Gasteiger partial charge on any atom is -0.00889 e. The number of hydrogen-bond acceptors (Lipinski definition) is 0. The highest BCUT2D eigenvalue weighted by atomic mass is 79.9. The molecule has 0 amide bonds. The van der Waals surface area contributed by atoms with Crippen molar-refractivity contribution >= 4 is 15.9 Å².